The van der Waals surface area contributed by atoms with Crippen molar-refractivity contribution < 1.29 is 31.1 Å². The third-order valence-electron chi connectivity index (χ3n) is 2.77. The van der Waals surface area contributed by atoms with Crippen LogP contribution in [0.2, 0.25) is 0 Å². The highest BCUT2D eigenvalue weighted by molar-refractivity contribution is 6.17. The largest absolute Gasteiger partial charge is 0.573 e. The third kappa shape index (κ3) is 4.51. The van der Waals surface area contributed by atoms with Crippen LogP contribution in [0.4, 0.5) is 26.3 Å². The van der Waals surface area contributed by atoms with Crippen LogP contribution in [-0.4, -0.2) is 11.3 Å². The minimum atomic E-state index is -4.84. The molecule has 0 aliphatic carbocycles. The smallest absolute Gasteiger partial charge is 0.406 e. The van der Waals surface area contributed by atoms with Gasteiger partial charge in [-0.2, -0.15) is 13.2 Å². The lowest BCUT2D eigenvalue weighted by atomic mass is 10.1. The Hall–Kier alpha value is -1.96. The maximum absolute atomic E-state index is 12.9. The summed E-state index contributed by atoms with van der Waals surface area (Å²) in [7, 11) is 0. The third-order valence-corrected chi connectivity index (χ3v) is 3.06. The van der Waals surface area contributed by atoms with E-state index in [0.29, 0.717) is 0 Å². The number of pyridine rings is 1. The second-order valence-electron chi connectivity index (χ2n) is 4.41. The minimum Gasteiger partial charge on any atom is -0.406 e. The van der Waals surface area contributed by atoms with Gasteiger partial charge in [-0.1, -0.05) is 6.07 Å². The van der Waals surface area contributed by atoms with Crippen LogP contribution in [0.25, 0.3) is 11.3 Å². The number of aromatic nitrogens is 1. The van der Waals surface area contributed by atoms with Crippen LogP contribution in [0, 0.1) is 0 Å². The monoisotopic (exact) mass is 355 g/mol. The molecule has 1 heterocycles. The van der Waals surface area contributed by atoms with Crippen molar-refractivity contribution in [1.29, 1.82) is 0 Å². The van der Waals surface area contributed by atoms with Gasteiger partial charge in [0, 0.05) is 11.4 Å². The number of ether oxygens (including phenoxy) is 1. The number of alkyl halides is 7. The number of hydrogen-bond acceptors (Lipinski definition) is 2. The molecule has 2 rings (SSSR count). The number of hydrogen-bond donors (Lipinski definition) is 0. The average molecular weight is 356 g/mol. The fourth-order valence-corrected chi connectivity index (χ4v) is 2.05. The summed E-state index contributed by atoms with van der Waals surface area (Å²) in [6, 6.07) is 6.85. The second-order valence-corrected chi connectivity index (χ2v) is 4.68. The average Bonchev–Trinajstić information content (AvgIpc) is 2.45. The van der Waals surface area contributed by atoms with Crippen molar-refractivity contribution in [3.63, 3.8) is 0 Å². The Morgan fingerprint density at radius 3 is 2.00 bits per heavy atom. The number of halogens is 7. The summed E-state index contributed by atoms with van der Waals surface area (Å²) in [5.74, 6) is -0.838. The Bertz CT molecular complexity index is 681. The molecule has 0 aliphatic heterocycles. The first kappa shape index (κ1) is 17.4. The molecular formula is C14H8ClF6NO. The molecule has 0 unspecified atom stereocenters. The molecule has 2 nitrogen and oxygen atoms in total. The Balaban J connectivity index is 2.35. The molecule has 0 amide bonds. The summed E-state index contributed by atoms with van der Waals surface area (Å²) in [4.78, 5) is 3.52. The van der Waals surface area contributed by atoms with Crippen molar-refractivity contribution in [2.45, 2.75) is 18.4 Å². The molecule has 1 aromatic heterocycles. The molecular weight excluding hydrogens is 348 g/mol. The van der Waals surface area contributed by atoms with E-state index in [4.69, 9.17) is 11.6 Å². The first-order valence-electron chi connectivity index (χ1n) is 6.09. The summed E-state index contributed by atoms with van der Waals surface area (Å²) < 4.78 is 78.6. The van der Waals surface area contributed by atoms with Gasteiger partial charge < -0.3 is 4.74 Å². The van der Waals surface area contributed by atoms with Crippen LogP contribution >= 0.6 is 11.6 Å². The minimum absolute atomic E-state index is 0.0373. The lowest BCUT2D eigenvalue weighted by Gasteiger charge is -2.12. The molecule has 0 saturated carbocycles. The number of nitrogens with zero attached hydrogens (tertiary/aromatic N) is 1. The van der Waals surface area contributed by atoms with Gasteiger partial charge in [0.25, 0.3) is 0 Å². The number of benzene rings is 1. The van der Waals surface area contributed by atoms with Crippen molar-refractivity contribution >= 4 is 11.6 Å². The highest BCUT2D eigenvalue weighted by Crippen LogP contribution is 2.33. The molecule has 0 saturated heterocycles. The van der Waals surface area contributed by atoms with Crippen molar-refractivity contribution in [3.8, 4) is 17.0 Å². The SMILES string of the molecule is FC(F)(F)Oc1ccc(-c2ccc(CCl)c(C(F)(F)F)n2)cc1. The lowest BCUT2D eigenvalue weighted by molar-refractivity contribution is -0.274. The molecule has 1 aromatic carbocycles. The summed E-state index contributed by atoms with van der Waals surface area (Å²) in [6.07, 6.45) is -9.52. The van der Waals surface area contributed by atoms with Gasteiger partial charge in [0.05, 0.1) is 5.69 Å². The molecule has 2 aromatic rings. The highest BCUT2D eigenvalue weighted by Gasteiger charge is 2.35. The van der Waals surface area contributed by atoms with E-state index >= 15 is 0 Å². The van der Waals surface area contributed by atoms with E-state index in [-0.39, 0.29) is 22.7 Å². The predicted octanol–water partition coefficient (Wildman–Crippen LogP) is 5.40. The molecule has 0 atom stereocenters. The molecule has 0 spiro atoms. The normalized spacial score (nSPS) is 12.3. The Morgan fingerprint density at radius 1 is 0.913 bits per heavy atom. The van der Waals surface area contributed by atoms with E-state index in [1.54, 1.807) is 0 Å². The second kappa shape index (κ2) is 6.27. The van der Waals surface area contributed by atoms with Crippen LogP contribution < -0.4 is 4.74 Å². The Morgan fingerprint density at radius 2 is 1.52 bits per heavy atom. The quantitative estimate of drug-likeness (QED) is 0.543. The predicted molar refractivity (Wildman–Crippen MR) is 70.9 cm³/mol. The van der Waals surface area contributed by atoms with Gasteiger partial charge in [0.15, 0.2) is 0 Å². The molecule has 23 heavy (non-hydrogen) atoms. The molecule has 9 heteroatoms. The van der Waals surface area contributed by atoms with Gasteiger partial charge >= 0.3 is 12.5 Å². The van der Waals surface area contributed by atoms with Crippen molar-refractivity contribution in [2.75, 3.05) is 0 Å². The fraction of sp³-hybridized carbons (Fsp3) is 0.214. The first-order chi connectivity index (χ1) is 10.6. The maximum Gasteiger partial charge on any atom is 0.573 e. The molecule has 124 valence electrons. The molecule has 0 aliphatic rings. The highest BCUT2D eigenvalue weighted by atomic mass is 35.5. The van der Waals surface area contributed by atoms with Gasteiger partial charge in [0.2, 0.25) is 0 Å². The van der Waals surface area contributed by atoms with Crippen LogP contribution in [-0.2, 0) is 12.1 Å². The van der Waals surface area contributed by atoms with Gasteiger partial charge in [-0.05, 0) is 35.9 Å². The van der Waals surface area contributed by atoms with Gasteiger partial charge in [-0.25, -0.2) is 4.98 Å². The standard InChI is InChI=1S/C14H8ClF6NO/c15-7-9-3-6-11(22-12(9)13(16,17)18)8-1-4-10(5-2-8)23-14(19,20)21/h1-6H,7H2. The Labute approximate surface area is 131 Å². The van der Waals surface area contributed by atoms with Crippen LogP contribution in [0.3, 0.4) is 0 Å². The molecule has 0 N–H and O–H groups in total. The summed E-state index contributed by atoms with van der Waals surface area (Å²) in [5, 5.41) is 0. The van der Waals surface area contributed by atoms with E-state index in [1.165, 1.54) is 24.3 Å². The first-order valence-corrected chi connectivity index (χ1v) is 6.63. The van der Waals surface area contributed by atoms with Crippen LogP contribution in [0.5, 0.6) is 5.75 Å². The van der Waals surface area contributed by atoms with Gasteiger partial charge in [-0.15, -0.1) is 24.8 Å². The zero-order valence-electron chi connectivity index (χ0n) is 11.2. The summed E-state index contributed by atoms with van der Waals surface area (Å²) >= 11 is 5.46. The van der Waals surface area contributed by atoms with Crippen molar-refractivity contribution in [3.05, 3.63) is 47.7 Å². The van der Waals surface area contributed by atoms with Crippen LogP contribution in [0.15, 0.2) is 36.4 Å². The van der Waals surface area contributed by atoms with E-state index in [2.05, 4.69) is 9.72 Å². The Kier molecular flexibility index (Phi) is 4.74. The van der Waals surface area contributed by atoms with E-state index < -0.39 is 24.0 Å². The van der Waals surface area contributed by atoms with E-state index in [9.17, 15) is 26.3 Å². The van der Waals surface area contributed by atoms with E-state index in [0.717, 1.165) is 12.1 Å². The summed E-state index contributed by atoms with van der Waals surface area (Å²) in [6.45, 7) is 0. The molecule has 0 fully saturated rings. The zero-order chi connectivity index (χ0) is 17.3. The number of rotatable bonds is 3. The van der Waals surface area contributed by atoms with Crippen molar-refractivity contribution in [2.24, 2.45) is 0 Å². The van der Waals surface area contributed by atoms with Crippen molar-refractivity contribution in [1.82, 2.24) is 4.98 Å². The molecule has 0 radical (unpaired) electrons. The zero-order valence-corrected chi connectivity index (χ0v) is 11.9. The summed E-state index contributed by atoms with van der Waals surface area (Å²) in [5.41, 5.74) is -1.13. The van der Waals surface area contributed by atoms with E-state index in [1.807, 2.05) is 0 Å². The fourth-order valence-electron chi connectivity index (χ4n) is 1.83. The lowest BCUT2D eigenvalue weighted by Crippen LogP contribution is -2.17. The van der Waals surface area contributed by atoms with Gasteiger partial charge in [0.1, 0.15) is 11.4 Å². The van der Waals surface area contributed by atoms with Gasteiger partial charge in [-0.3, -0.25) is 0 Å². The topological polar surface area (TPSA) is 22.1 Å². The molecule has 0 bridgehead atoms. The van der Waals surface area contributed by atoms with Crippen LogP contribution in [0.1, 0.15) is 11.3 Å². The maximum atomic E-state index is 12.9.